The number of halogens is 2. The van der Waals surface area contributed by atoms with E-state index in [-0.39, 0.29) is 6.04 Å². The van der Waals surface area contributed by atoms with Crippen LogP contribution in [-0.4, -0.2) is 18.7 Å². The van der Waals surface area contributed by atoms with Gasteiger partial charge in [0.2, 0.25) is 0 Å². The fourth-order valence-corrected chi connectivity index (χ4v) is 1.86. The summed E-state index contributed by atoms with van der Waals surface area (Å²) in [5.74, 6) is 0. The highest BCUT2D eigenvalue weighted by Gasteiger charge is 2.17. The van der Waals surface area contributed by atoms with E-state index in [4.69, 9.17) is 0 Å². The molecule has 4 heteroatoms. The smallest absolute Gasteiger partial charge is 0.253 e. The third kappa shape index (κ3) is 3.76. The minimum atomic E-state index is -2.33. The van der Waals surface area contributed by atoms with Crippen molar-refractivity contribution in [2.75, 3.05) is 6.26 Å². The summed E-state index contributed by atoms with van der Waals surface area (Å²) in [7, 11) is 0. The van der Waals surface area contributed by atoms with Gasteiger partial charge in [-0.05, 0) is 37.8 Å². The van der Waals surface area contributed by atoms with Crippen LogP contribution >= 0.6 is 11.8 Å². The van der Waals surface area contributed by atoms with Crippen molar-refractivity contribution < 1.29 is 8.78 Å². The molecule has 1 aromatic rings. The van der Waals surface area contributed by atoms with Crippen molar-refractivity contribution >= 4 is 11.8 Å². The summed E-state index contributed by atoms with van der Waals surface area (Å²) in [6.45, 7) is 3.39. The SMILES string of the molecule is CSc1ccc(C(C)NC(C)C(F)F)cc1. The molecule has 0 aliphatic rings. The molecule has 90 valence electrons. The molecule has 0 aromatic heterocycles. The second-order valence-corrected chi connectivity index (χ2v) is 4.66. The van der Waals surface area contributed by atoms with Crippen molar-refractivity contribution in [2.24, 2.45) is 0 Å². The molecule has 0 spiro atoms. The molecule has 0 fully saturated rings. The zero-order valence-electron chi connectivity index (χ0n) is 9.71. The van der Waals surface area contributed by atoms with Crippen LogP contribution in [0.25, 0.3) is 0 Å². The van der Waals surface area contributed by atoms with E-state index < -0.39 is 12.5 Å². The molecule has 1 rings (SSSR count). The molecule has 1 N–H and O–H groups in total. The second-order valence-electron chi connectivity index (χ2n) is 3.78. The van der Waals surface area contributed by atoms with Crippen LogP contribution in [0.3, 0.4) is 0 Å². The highest BCUT2D eigenvalue weighted by atomic mass is 32.2. The molecule has 2 unspecified atom stereocenters. The molecule has 0 aliphatic carbocycles. The predicted molar refractivity (Wildman–Crippen MR) is 65.2 cm³/mol. The van der Waals surface area contributed by atoms with E-state index in [0.29, 0.717) is 0 Å². The monoisotopic (exact) mass is 245 g/mol. The van der Waals surface area contributed by atoms with Crippen LogP contribution in [0.5, 0.6) is 0 Å². The van der Waals surface area contributed by atoms with Gasteiger partial charge >= 0.3 is 0 Å². The van der Waals surface area contributed by atoms with E-state index in [0.717, 1.165) is 5.56 Å². The quantitative estimate of drug-likeness (QED) is 0.794. The van der Waals surface area contributed by atoms with Gasteiger partial charge < -0.3 is 5.32 Å². The fraction of sp³-hybridized carbons (Fsp3) is 0.500. The lowest BCUT2D eigenvalue weighted by Crippen LogP contribution is -2.34. The van der Waals surface area contributed by atoms with E-state index >= 15 is 0 Å². The first-order valence-corrected chi connectivity index (χ1v) is 6.45. The van der Waals surface area contributed by atoms with Gasteiger partial charge in [-0.25, -0.2) is 8.78 Å². The molecule has 0 saturated carbocycles. The Morgan fingerprint density at radius 3 is 2.12 bits per heavy atom. The zero-order valence-corrected chi connectivity index (χ0v) is 10.5. The molecule has 1 nitrogen and oxygen atoms in total. The minimum Gasteiger partial charge on any atom is -0.302 e. The van der Waals surface area contributed by atoms with Crippen LogP contribution in [-0.2, 0) is 0 Å². The third-order valence-corrected chi connectivity index (χ3v) is 3.25. The largest absolute Gasteiger partial charge is 0.302 e. The molecule has 2 atom stereocenters. The lowest BCUT2D eigenvalue weighted by molar-refractivity contribution is 0.101. The highest BCUT2D eigenvalue weighted by Crippen LogP contribution is 2.19. The Balaban J connectivity index is 2.62. The molecule has 0 amide bonds. The highest BCUT2D eigenvalue weighted by molar-refractivity contribution is 7.98. The lowest BCUT2D eigenvalue weighted by atomic mass is 10.1. The number of alkyl halides is 2. The molecule has 0 aliphatic heterocycles. The van der Waals surface area contributed by atoms with E-state index in [1.807, 2.05) is 37.4 Å². The molecule has 16 heavy (non-hydrogen) atoms. The van der Waals surface area contributed by atoms with Gasteiger partial charge in [0.1, 0.15) is 0 Å². The molecular formula is C12H17F2NS. The first-order valence-electron chi connectivity index (χ1n) is 5.22. The van der Waals surface area contributed by atoms with Gasteiger partial charge in [-0.15, -0.1) is 11.8 Å². The van der Waals surface area contributed by atoms with Gasteiger partial charge in [0.25, 0.3) is 6.43 Å². The van der Waals surface area contributed by atoms with Crippen molar-refractivity contribution in [3.05, 3.63) is 29.8 Å². The average Bonchev–Trinajstić information content (AvgIpc) is 2.28. The standard InChI is InChI=1S/C12H17F2NS/c1-8(15-9(2)12(13)14)10-4-6-11(16-3)7-5-10/h4-9,12,15H,1-3H3. The van der Waals surface area contributed by atoms with Crippen molar-refractivity contribution in [3.8, 4) is 0 Å². The summed E-state index contributed by atoms with van der Waals surface area (Å²) < 4.78 is 24.7. The van der Waals surface area contributed by atoms with Gasteiger partial charge in [0.15, 0.2) is 0 Å². The summed E-state index contributed by atoms with van der Waals surface area (Å²) in [6.07, 6.45) is -0.317. The van der Waals surface area contributed by atoms with Crippen LogP contribution in [0.2, 0.25) is 0 Å². The van der Waals surface area contributed by atoms with Crippen molar-refractivity contribution in [2.45, 2.75) is 37.3 Å². The van der Waals surface area contributed by atoms with Crippen molar-refractivity contribution in [1.82, 2.24) is 5.32 Å². The summed E-state index contributed by atoms with van der Waals surface area (Å²) in [6, 6.07) is 7.12. The first kappa shape index (κ1) is 13.5. The van der Waals surface area contributed by atoms with E-state index in [1.165, 1.54) is 11.8 Å². The Labute approximate surface area is 99.6 Å². The molecule has 0 heterocycles. The minimum absolute atomic E-state index is 0.0556. The number of hydrogen-bond acceptors (Lipinski definition) is 2. The summed E-state index contributed by atoms with van der Waals surface area (Å²) in [5, 5.41) is 2.88. The average molecular weight is 245 g/mol. The Kier molecular flexibility index (Phi) is 5.22. The summed E-state index contributed by atoms with van der Waals surface area (Å²) in [5.41, 5.74) is 1.03. The van der Waals surface area contributed by atoms with Crippen LogP contribution in [0.15, 0.2) is 29.2 Å². The Hall–Kier alpha value is -0.610. The van der Waals surface area contributed by atoms with Gasteiger partial charge in [-0.2, -0.15) is 0 Å². The maximum atomic E-state index is 12.4. The molecule has 0 saturated heterocycles. The van der Waals surface area contributed by atoms with Crippen LogP contribution in [0.4, 0.5) is 8.78 Å². The summed E-state index contributed by atoms with van der Waals surface area (Å²) >= 11 is 1.67. The number of benzene rings is 1. The Morgan fingerprint density at radius 1 is 1.12 bits per heavy atom. The summed E-state index contributed by atoms with van der Waals surface area (Å²) in [4.78, 5) is 1.18. The van der Waals surface area contributed by atoms with E-state index in [9.17, 15) is 8.78 Å². The van der Waals surface area contributed by atoms with Gasteiger partial charge in [0.05, 0.1) is 6.04 Å². The zero-order chi connectivity index (χ0) is 12.1. The van der Waals surface area contributed by atoms with Gasteiger partial charge in [-0.1, -0.05) is 12.1 Å². The Bertz CT molecular complexity index is 313. The Morgan fingerprint density at radius 2 is 1.69 bits per heavy atom. The number of rotatable bonds is 5. The maximum absolute atomic E-state index is 12.4. The third-order valence-electron chi connectivity index (χ3n) is 2.51. The predicted octanol–water partition coefficient (Wildman–Crippen LogP) is 3.71. The first-order chi connectivity index (χ1) is 7.54. The maximum Gasteiger partial charge on any atom is 0.253 e. The molecule has 0 bridgehead atoms. The van der Waals surface area contributed by atoms with Crippen LogP contribution < -0.4 is 5.32 Å². The lowest BCUT2D eigenvalue weighted by Gasteiger charge is -2.19. The molecule has 0 radical (unpaired) electrons. The van der Waals surface area contributed by atoms with Crippen LogP contribution in [0.1, 0.15) is 25.5 Å². The molecular weight excluding hydrogens is 228 g/mol. The van der Waals surface area contributed by atoms with E-state index in [2.05, 4.69) is 5.32 Å². The molecule has 1 aromatic carbocycles. The van der Waals surface area contributed by atoms with Crippen molar-refractivity contribution in [1.29, 1.82) is 0 Å². The fourth-order valence-electron chi connectivity index (χ4n) is 1.46. The van der Waals surface area contributed by atoms with Crippen LogP contribution in [0, 0.1) is 0 Å². The topological polar surface area (TPSA) is 12.0 Å². The number of thioether (sulfide) groups is 1. The van der Waals surface area contributed by atoms with Gasteiger partial charge in [0, 0.05) is 10.9 Å². The number of hydrogen-bond donors (Lipinski definition) is 1. The normalized spacial score (nSPS) is 15.1. The van der Waals surface area contributed by atoms with Crippen molar-refractivity contribution in [3.63, 3.8) is 0 Å². The van der Waals surface area contributed by atoms with Gasteiger partial charge in [-0.3, -0.25) is 0 Å². The number of nitrogens with one attached hydrogen (secondary N) is 1. The van der Waals surface area contributed by atoms with E-state index in [1.54, 1.807) is 11.8 Å². The second kappa shape index (κ2) is 6.21.